The Kier molecular flexibility index (Phi) is 5.29. The number of carbonyl (C=O) groups is 1. The minimum atomic E-state index is -0.349. The molecule has 0 saturated carbocycles. The van der Waals surface area contributed by atoms with Crippen LogP contribution in [0.3, 0.4) is 0 Å². The number of ether oxygens (including phenoxy) is 1. The first-order chi connectivity index (χ1) is 12.1. The van der Waals surface area contributed by atoms with Gasteiger partial charge in [-0.1, -0.05) is 64.5 Å². The van der Waals surface area contributed by atoms with E-state index in [0.29, 0.717) is 17.9 Å². The Bertz CT molecular complexity index is 907. The fourth-order valence-electron chi connectivity index (χ4n) is 2.74. The largest absolute Gasteiger partial charge is 0.462 e. The van der Waals surface area contributed by atoms with E-state index < -0.39 is 0 Å². The number of benzene rings is 2. The van der Waals surface area contributed by atoms with E-state index in [0.717, 1.165) is 26.9 Å². The maximum Gasteiger partial charge on any atom is 0.340 e. The molecule has 0 spiro atoms. The van der Waals surface area contributed by atoms with E-state index in [-0.39, 0.29) is 5.97 Å². The van der Waals surface area contributed by atoms with Crippen LogP contribution >= 0.6 is 15.9 Å². The van der Waals surface area contributed by atoms with Crippen molar-refractivity contribution in [3.05, 3.63) is 76.3 Å². The number of pyridine rings is 1. The second-order valence-electron chi connectivity index (χ2n) is 5.61. The van der Waals surface area contributed by atoms with Crippen molar-refractivity contribution < 1.29 is 9.53 Å². The molecule has 2 aromatic carbocycles. The summed E-state index contributed by atoms with van der Waals surface area (Å²) in [5.74, 6) is -0.349. The highest BCUT2D eigenvalue weighted by Gasteiger charge is 2.21. The topological polar surface area (TPSA) is 39.2 Å². The number of rotatable bonds is 4. The van der Waals surface area contributed by atoms with Gasteiger partial charge >= 0.3 is 5.97 Å². The summed E-state index contributed by atoms with van der Waals surface area (Å²) in [5.41, 5.74) is 4.69. The first-order valence-electron chi connectivity index (χ1n) is 8.11. The van der Waals surface area contributed by atoms with Gasteiger partial charge in [0.25, 0.3) is 0 Å². The molecule has 0 fully saturated rings. The maximum atomic E-state index is 12.5. The molecule has 0 N–H and O–H groups in total. The molecule has 3 nitrogen and oxygen atoms in total. The van der Waals surface area contributed by atoms with Gasteiger partial charge in [-0.3, -0.25) is 0 Å². The number of carbonyl (C=O) groups excluding carboxylic acids is 1. The first kappa shape index (κ1) is 17.4. The van der Waals surface area contributed by atoms with E-state index in [1.807, 2.05) is 67.6 Å². The maximum absolute atomic E-state index is 12.5. The lowest BCUT2D eigenvalue weighted by molar-refractivity contribution is 0.0526. The molecule has 0 atom stereocenters. The lowest BCUT2D eigenvalue weighted by atomic mass is 9.99. The van der Waals surface area contributed by atoms with Gasteiger partial charge < -0.3 is 4.74 Å². The minimum Gasteiger partial charge on any atom is -0.462 e. The molecule has 0 aliphatic rings. The predicted molar refractivity (Wildman–Crippen MR) is 104 cm³/mol. The first-order valence-corrected chi connectivity index (χ1v) is 8.90. The van der Waals surface area contributed by atoms with Crippen molar-refractivity contribution in [3.8, 4) is 22.5 Å². The fourth-order valence-corrected chi connectivity index (χ4v) is 3.21. The molecule has 1 aromatic heterocycles. The van der Waals surface area contributed by atoms with Gasteiger partial charge in [0.2, 0.25) is 0 Å². The summed E-state index contributed by atoms with van der Waals surface area (Å²) in [5, 5.41) is 0. The van der Waals surface area contributed by atoms with Crippen LogP contribution in [0.5, 0.6) is 0 Å². The predicted octanol–water partition coefficient (Wildman–Crippen LogP) is 5.66. The number of aryl methyl sites for hydroxylation is 1. The molecule has 4 heteroatoms. The Morgan fingerprint density at radius 2 is 1.76 bits per heavy atom. The van der Waals surface area contributed by atoms with E-state index in [9.17, 15) is 4.79 Å². The molecule has 25 heavy (non-hydrogen) atoms. The van der Waals surface area contributed by atoms with Crippen molar-refractivity contribution in [1.29, 1.82) is 0 Å². The summed E-state index contributed by atoms with van der Waals surface area (Å²) < 4.78 is 6.15. The van der Waals surface area contributed by atoms with Crippen molar-refractivity contribution in [1.82, 2.24) is 4.98 Å². The molecule has 0 saturated heterocycles. The molecule has 0 amide bonds. The van der Waals surface area contributed by atoms with E-state index in [1.165, 1.54) is 0 Å². The lowest BCUT2D eigenvalue weighted by Gasteiger charge is -2.15. The number of halogens is 1. The Balaban J connectivity index is 2.26. The van der Waals surface area contributed by atoms with Crippen LogP contribution in [0, 0.1) is 6.92 Å². The molecule has 0 unspecified atom stereocenters. The molecule has 1 heterocycles. The van der Waals surface area contributed by atoms with Crippen molar-refractivity contribution in [3.63, 3.8) is 0 Å². The number of nitrogens with zero attached hydrogens (tertiary/aromatic N) is 1. The second-order valence-corrected chi connectivity index (χ2v) is 6.47. The summed E-state index contributed by atoms with van der Waals surface area (Å²) in [6.45, 7) is 4.05. The monoisotopic (exact) mass is 395 g/mol. The summed E-state index contributed by atoms with van der Waals surface area (Å²) in [6, 6.07) is 19.6. The highest BCUT2D eigenvalue weighted by Crippen LogP contribution is 2.33. The van der Waals surface area contributed by atoms with Gasteiger partial charge in [-0.25, -0.2) is 9.78 Å². The highest BCUT2D eigenvalue weighted by atomic mass is 79.9. The van der Waals surface area contributed by atoms with Gasteiger partial charge in [0.15, 0.2) is 0 Å². The zero-order valence-electron chi connectivity index (χ0n) is 14.1. The quantitative estimate of drug-likeness (QED) is 0.534. The smallest absolute Gasteiger partial charge is 0.340 e. The van der Waals surface area contributed by atoms with Crippen LogP contribution in [0.25, 0.3) is 22.5 Å². The summed E-state index contributed by atoms with van der Waals surface area (Å²) >= 11 is 3.57. The molecule has 0 bridgehead atoms. The van der Waals surface area contributed by atoms with Crippen molar-refractivity contribution in [2.24, 2.45) is 0 Å². The average Bonchev–Trinajstić information content (AvgIpc) is 2.62. The normalized spacial score (nSPS) is 10.5. The van der Waals surface area contributed by atoms with Crippen molar-refractivity contribution in [2.45, 2.75) is 13.8 Å². The van der Waals surface area contributed by atoms with Gasteiger partial charge in [-0.05, 0) is 31.5 Å². The second kappa shape index (κ2) is 7.62. The number of aromatic nitrogens is 1. The minimum absolute atomic E-state index is 0.327. The van der Waals surface area contributed by atoms with Crippen molar-refractivity contribution >= 4 is 21.9 Å². The zero-order valence-corrected chi connectivity index (χ0v) is 15.7. The van der Waals surface area contributed by atoms with Crippen LogP contribution in [-0.2, 0) is 4.74 Å². The Labute approximate surface area is 155 Å². The van der Waals surface area contributed by atoms with Crippen molar-refractivity contribution in [2.75, 3.05) is 6.61 Å². The van der Waals surface area contributed by atoms with E-state index in [4.69, 9.17) is 9.72 Å². The van der Waals surface area contributed by atoms with Crippen LogP contribution in [0.15, 0.2) is 65.1 Å². The fraction of sp³-hybridized carbons (Fsp3) is 0.143. The molecular formula is C21H18BrNO2. The Morgan fingerprint density at radius 3 is 2.44 bits per heavy atom. The van der Waals surface area contributed by atoms with E-state index in [2.05, 4.69) is 15.9 Å². The summed E-state index contributed by atoms with van der Waals surface area (Å²) in [6.07, 6.45) is 0. The third-order valence-electron chi connectivity index (χ3n) is 3.89. The summed E-state index contributed by atoms with van der Waals surface area (Å²) in [7, 11) is 0. The standard InChI is InChI=1S/C21H18BrNO2/c1-3-25-21(24)19-14(2)13-18(15-9-5-4-6-10-15)23-20(19)16-11-7-8-12-17(16)22/h4-13H,3H2,1-2H3. The third-order valence-corrected chi connectivity index (χ3v) is 4.59. The Hall–Kier alpha value is -2.46. The number of hydrogen-bond donors (Lipinski definition) is 0. The molecular weight excluding hydrogens is 378 g/mol. The average molecular weight is 396 g/mol. The van der Waals surface area contributed by atoms with Crippen LogP contribution in [0.4, 0.5) is 0 Å². The molecule has 3 aromatic rings. The van der Waals surface area contributed by atoms with Gasteiger partial charge in [-0.2, -0.15) is 0 Å². The lowest BCUT2D eigenvalue weighted by Crippen LogP contribution is -2.11. The number of hydrogen-bond acceptors (Lipinski definition) is 3. The molecule has 3 rings (SSSR count). The van der Waals surface area contributed by atoms with Gasteiger partial charge in [-0.15, -0.1) is 0 Å². The Morgan fingerprint density at radius 1 is 1.08 bits per heavy atom. The van der Waals surface area contributed by atoms with Crippen LogP contribution in [-0.4, -0.2) is 17.6 Å². The van der Waals surface area contributed by atoms with Crippen LogP contribution in [0.2, 0.25) is 0 Å². The van der Waals surface area contributed by atoms with Gasteiger partial charge in [0, 0.05) is 15.6 Å². The van der Waals surface area contributed by atoms with E-state index in [1.54, 1.807) is 6.92 Å². The molecule has 0 aliphatic heterocycles. The zero-order chi connectivity index (χ0) is 17.8. The highest BCUT2D eigenvalue weighted by molar-refractivity contribution is 9.10. The van der Waals surface area contributed by atoms with E-state index >= 15 is 0 Å². The number of esters is 1. The molecule has 0 aliphatic carbocycles. The summed E-state index contributed by atoms with van der Waals surface area (Å²) in [4.78, 5) is 17.3. The van der Waals surface area contributed by atoms with Gasteiger partial charge in [0.1, 0.15) is 0 Å². The molecule has 0 radical (unpaired) electrons. The van der Waals surface area contributed by atoms with Crippen LogP contribution < -0.4 is 0 Å². The SMILES string of the molecule is CCOC(=O)c1c(C)cc(-c2ccccc2)nc1-c1ccccc1Br. The molecule has 126 valence electrons. The third kappa shape index (κ3) is 3.64. The van der Waals surface area contributed by atoms with Gasteiger partial charge in [0.05, 0.1) is 23.6 Å². The van der Waals surface area contributed by atoms with Crippen LogP contribution in [0.1, 0.15) is 22.8 Å².